The van der Waals surface area contributed by atoms with Gasteiger partial charge in [-0.15, -0.1) is 0 Å². The fourth-order valence-electron chi connectivity index (χ4n) is 3.00. The lowest BCUT2D eigenvalue weighted by Gasteiger charge is -2.20. The van der Waals surface area contributed by atoms with E-state index in [-0.39, 0.29) is 6.61 Å². The Balaban J connectivity index is 2.11. The molecule has 0 bridgehead atoms. The van der Waals surface area contributed by atoms with E-state index < -0.39 is 5.60 Å². The Hall–Kier alpha value is -2.94. The number of nitrogens with zero attached hydrogens (tertiary/aromatic N) is 3. The number of nitriles is 1. The number of hydrogen-bond donors (Lipinski definition) is 2. The first-order chi connectivity index (χ1) is 12.9. The lowest BCUT2D eigenvalue weighted by atomic mass is 9.95. The topological polar surface area (TPSA) is 82.1 Å². The average Bonchev–Trinajstić information content (AvgIpc) is 3.13. The fourth-order valence-corrected chi connectivity index (χ4v) is 3.00. The van der Waals surface area contributed by atoms with Crippen molar-refractivity contribution in [2.75, 3.05) is 6.61 Å². The van der Waals surface area contributed by atoms with Gasteiger partial charge in [0.25, 0.3) is 0 Å². The summed E-state index contributed by atoms with van der Waals surface area (Å²) in [5.41, 5.74) is 3.82. The van der Waals surface area contributed by atoms with Crippen LogP contribution in [0.1, 0.15) is 36.6 Å². The van der Waals surface area contributed by atoms with Crippen molar-refractivity contribution >= 4 is 0 Å². The van der Waals surface area contributed by atoms with Gasteiger partial charge in [-0.25, -0.2) is 4.68 Å². The molecule has 3 rings (SSSR count). The maximum atomic E-state index is 10.8. The monoisotopic (exact) mass is 361 g/mol. The molecule has 0 spiro atoms. The molecule has 0 aliphatic carbocycles. The minimum atomic E-state index is -1.14. The quantitative estimate of drug-likeness (QED) is 0.701. The van der Waals surface area contributed by atoms with E-state index in [4.69, 9.17) is 10.4 Å². The number of hydrogen-bond acceptors (Lipinski definition) is 4. The highest BCUT2D eigenvalue weighted by atomic mass is 16.3. The van der Waals surface area contributed by atoms with Crippen LogP contribution in [0.4, 0.5) is 0 Å². The van der Waals surface area contributed by atoms with E-state index in [2.05, 4.69) is 11.2 Å². The van der Waals surface area contributed by atoms with E-state index >= 15 is 0 Å². The average molecular weight is 361 g/mol. The van der Waals surface area contributed by atoms with Gasteiger partial charge in [0.2, 0.25) is 0 Å². The molecule has 0 fully saturated rings. The normalized spacial score (nSPS) is 13.1. The van der Waals surface area contributed by atoms with Crippen LogP contribution in [0.5, 0.6) is 0 Å². The van der Waals surface area contributed by atoms with Crippen molar-refractivity contribution in [3.63, 3.8) is 0 Å². The van der Waals surface area contributed by atoms with E-state index in [0.717, 1.165) is 16.9 Å². The van der Waals surface area contributed by atoms with Crippen molar-refractivity contribution < 1.29 is 10.2 Å². The van der Waals surface area contributed by atoms with Gasteiger partial charge < -0.3 is 10.2 Å². The van der Waals surface area contributed by atoms with Crippen molar-refractivity contribution in [2.45, 2.75) is 32.3 Å². The Bertz CT molecular complexity index is 949. The van der Waals surface area contributed by atoms with Crippen LogP contribution < -0.4 is 0 Å². The molecule has 2 N–H and O–H groups in total. The summed E-state index contributed by atoms with van der Waals surface area (Å²) in [6.07, 6.45) is 0.914. The molecule has 138 valence electrons. The number of benzene rings is 2. The molecule has 2 aromatic carbocycles. The molecule has 1 aromatic heterocycles. The highest BCUT2D eigenvalue weighted by Gasteiger charge is 2.27. The molecule has 5 heteroatoms. The molecule has 1 atom stereocenters. The molecule has 5 nitrogen and oxygen atoms in total. The van der Waals surface area contributed by atoms with Crippen LogP contribution in [0.15, 0.2) is 54.6 Å². The predicted octanol–water partition coefficient (Wildman–Crippen LogP) is 3.70. The van der Waals surface area contributed by atoms with Crippen molar-refractivity contribution in [3.8, 4) is 23.0 Å². The smallest absolute Gasteiger partial charge is 0.106 e. The van der Waals surface area contributed by atoms with Gasteiger partial charge in [0, 0.05) is 12.2 Å². The number of aliphatic hydroxyl groups is 2. The molecule has 0 saturated heterocycles. The molecular weight excluding hydrogens is 338 g/mol. The molecule has 0 saturated carbocycles. The van der Waals surface area contributed by atoms with Gasteiger partial charge in [-0.1, -0.05) is 29.8 Å². The van der Waals surface area contributed by atoms with Gasteiger partial charge in [-0.2, -0.15) is 10.4 Å². The summed E-state index contributed by atoms with van der Waals surface area (Å²) in [6.45, 7) is 3.77. The standard InChI is InChI=1S/C22H23N3O2/c1-16-4-8-18(9-5-16)20-14-21(22(2,27)12-3-13-26)24-25(20)19-10-6-17(15-23)7-11-19/h4-11,14,26-27H,3,12-13H2,1-2H3. The SMILES string of the molecule is Cc1ccc(-c2cc(C(C)(O)CCCO)nn2-c2ccc(C#N)cc2)cc1. The van der Waals surface area contributed by atoms with Gasteiger partial charge in [0.1, 0.15) is 5.60 Å². The largest absolute Gasteiger partial charge is 0.396 e. The second-order valence-electron chi connectivity index (χ2n) is 6.95. The molecule has 0 radical (unpaired) electrons. The van der Waals surface area contributed by atoms with Crippen LogP contribution in [-0.4, -0.2) is 26.6 Å². The third-order valence-corrected chi connectivity index (χ3v) is 4.67. The number of aryl methyl sites for hydroxylation is 1. The first-order valence-corrected chi connectivity index (χ1v) is 8.96. The Labute approximate surface area is 159 Å². The third-order valence-electron chi connectivity index (χ3n) is 4.67. The molecule has 1 heterocycles. The van der Waals surface area contributed by atoms with Gasteiger partial charge in [-0.3, -0.25) is 0 Å². The number of rotatable bonds is 6. The first kappa shape index (κ1) is 18.8. The minimum absolute atomic E-state index is 0.0251. The van der Waals surface area contributed by atoms with E-state index in [1.165, 1.54) is 5.56 Å². The van der Waals surface area contributed by atoms with Crippen molar-refractivity contribution in [1.82, 2.24) is 9.78 Å². The summed E-state index contributed by atoms with van der Waals surface area (Å²) < 4.78 is 1.79. The summed E-state index contributed by atoms with van der Waals surface area (Å²) in [5.74, 6) is 0. The fraction of sp³-hybridized carbons (Fsp3) is 0.273. The molecule has 0 aliphatic heterocycles. The molecule has 27 heavy (non-hydrogen) atoms. The van der Waals surface area contributed by atoms with E-state index in [1.807, 2.05) is 49.4 Å². The summed E-state index contributed by atoms with van der Waals surface area (Å²) in [5, 5.41) is 33.6. The maximum absolute atomic E-state index is 10.8. The lowest BCUT2D eigenvalue weighted by molar-refractivity contribution is 0.0357. The second-order valence-corrected chi connectivity index (χ2v) is 6.95. The number of aromatic nitrogens is 2. The van der Waals surface area contributed by atoms with Gasteiger partial charge in [0.05, 0.1) is 28.7 Å². The van der Waals surface area contributed by atoms with Crippen LogP contribution in [0.2, 0.25) is 0 Å². The van der Waals surface area contributed by atoms with Crippen LogP contribution in [0, 0.1) is 18.3 Å². The Kier molecular flexibility index (Phi) is 5.41. The van der Waals surface area contributed by atoms with Gasteiger partial charge >= 0.3 is 0 Å². The zero-order valence-electron chi connectivity index (χ0n) is 15.6. The Morgan fingerprint density at radius 3 is 2.37 bits per heavy atom. The zero-order valence-corrected chi connectivity index (χ0v) is 15.6. The van der Waals surface area contributed by atoms with Crippen molar-refractivity contribution in [3.05, 3.63) is 71.4 Å². The van der Waals surface area contributed by atoms with E-state index in [1.54, 1.807) is 23.7 Å². The maximum Gasteiger partial charge on any atom is 0.106 e. The summed E-state index contributed by atoms with van der Waals surface area (Å²) in [4.78, 5) is 0. The molecule has 1 unspecified atom stereocenters. The molecule has 3 aromatic rings. The van der Waals surface area contributed by atoms with E-state index in [0.29, 0.717) is 24.1 Å². The lowest BCUT2D eigenvalue weighted by Crippen LogP contribution is -2.22. The van der Waals surface area contributed by atoms with Crippen LogP contribution in [0.3, 0.4) is 0 Å². The highest BCUT2D eigenvalue weighted by Crippen LogP contribution is 2.31. The minimum Gasteiger partial charge on any atom is -0.396 e. The van der Waals surface area contributed by atoms with E-state index in [9.17, 15) is 5.11 Å². The Morgan fingerprint density at radius 2 is 1.78 bits per heavy atom. The third kappa shape index (κ3) is 4.08. The van der Waals surface area contributed by atoms with Crippen molar-refractivity contribution in [2.24, 2.45) is 0 Å². The zero-order chi connectivity index (χ0) is 19.4. The molecule has 0 amide bonds. The Morgan fingerprint density at radius 1 is 1.11 bits per heavy atom. The molecular formula is C22H23N3O2. The molecule has 0 aliphatic rings. The van der Waals surface area contributed by atoms with Gasteiger partial charge in [0.15, 0.2) is 0 Å². The predicted molar refractivity (Wildman–Crippen MR) is 104 cm³/mol. The summed E-state index contributed by atoms with van der Waals surface area (Å²) in [6, 6.07) is 19.3. The first-order valence-electron chi connectivity index (χ1n) is 8.96. The van der Waals surface area contributed by atoms with Crippen LogP contribution in [0.25, 0.3) is 16.9 Å². The second kappa shape index (κ2) is 7.75. The van der Waals surface area contributed by atoms with Crippen molar-refractivity contribution in [1.29, 1.82) is 5.26 Å². The summed E-state index contributed by atoms with van der Waals surface area (Å²) in [7, 11) is 0. The van der Waals surface area contributed by atoms with Gasteiger partial charge in [-0.05, 0) is 57.0 Å². The van der Waals surface area contributed by atoms with Crippen LogP contribution in [-0.2, 0) is 5.60 Å². The number of aliphatic hydroxyl groups excluding tert-OH is 1. The van der Waals surface area contributed by atoms with Crippen LogP contribution >= 0.6 is 0 Å². The summed E-state index contributed by atoms with van der Waals surface area (Å²) >= 11 is 0. The highest BCUT2D eigenvalue weighted by molar-refractivity contribution is 5.63.